The summed E-state index contributed by atoms with van der Waals surface area (Å²) in [6.45, 7) is 2.50. The maximum Gasteiger partial charge on any atom is -0.00484 e. The van der Waals surface area contributed by atoms with Gasteiger partial charge in [0.2, 0.25) is 0 Å². The lowest BCUT2D eigenvalue weighted by molar-refractivity contribution is 0.857. The minimum atomic E-state index is 0. The molecule has 1 N–H and O–H groups in total. The molecule has 7 heavy (non-hydrogen) atoms. The van der Waals surface area contributed by atoms with Gasteiger partial charge in [-0.2, -0.15) is 19.8 Å². The summed E-state index contributed by atoms with van der Waals surface area (Å²) in [5, 5.41) is 3.22. The van der Waals surface area contributed by atoms with Crippen molar-refractivity contribution in [3.8, 4) is 0 Å². The molecule has 1 rings (SSSR count). The summed E-state index contributed by atoms with van der Waals surface area (Å²) in [5.74, 6) is 0. The third kappa shape index (κ3) is 4.68. The van der Waals surface area contributed by atoms with E-state index in [1.165, 1.54) is 25.9 Å². The Balaban J connectivity index is 0. The molecular weight excluding hydrogens is 124 g/mol. The summed E-state index contributed by atoms with van der Waals surface area (Å²) < 4.78 is 0. The van der Waals surface area contributed by atoms with Gasteiger partial charge in [0.05, 0.1) is 0 Å². The number of nitrogens with one attached hydrogen (secondary N) is 1. The van der Waals surface area contributed by atoms with Gasteiger partial charge >= 0.3 is 0 Å². The van der Waals surface area contributed by atoms with Crippen molar-refractivity contribution in [3.05, 3.63) is 0 Å². The van der Waals surface area contributed by atoms with Crippen LogP contribution in [0.1, 0.15) is 12.8 Å². The predicted molar refractivity (Wildman–Crippen MR) is 44.3 cm³/mol. The zero-order valence-corrected chi connectivity index (χ0v) is 7.57. The maximum absolute atomic E-state index is 3.22. The average molecular weight is 139 g/mol. The fourth-order valence-corrected chi connectivity index (χ4v) is 0.625. The molecular formula is C4H15NP2. The van der Waals surface area contributed by atoms with Crippen LogP contribution in [0.2, 0.25) is 0 Å². The van der Waals surface area contributed by atoms with Crippen LogP contribution in [0.3, 0.4) is 0 Å². The van der Waals surface area contributed by atoms with Gasteiger partial charge in [-0.25, -0.2) is 0 Å². The predicted octanol–water partition coefficient (Wildman–Crippen LogP) is 0.486. The van der Waals surface area contributed by atoms with Crippen LogP contribution in [0.4, 0.5) is 0 Å². The average Bonchev–Trinajstić information content (AvgIpc) is 1.76. The minimum Gasteiger partial charge on any atom is -0.317 e. The molecule has 1 aliphatic heterocycles. The van der Waals surface area contributed by atoms with E-state index in [0.29, 0.717) is 0 Å². The molecule has 2 unspecified atom stereocenters. The molecule has 1 nitrogen and oxygen atoms in total. The first kappa shape index (κ1) is 10.7. The Morgan fingerprint density at radius 3 is 1.43 bits per heavy atom. The monoisotopic (exact) mass is 139 g/mol. The van der Waals surface area contributed by atoms with Gasteiger partial charge in [0, 0.05) is 0 Å². The van der Waals surface area contributed by atoms with Crippen molar-refractivity contribution in [1.82, 2.24) is 5.32 Å². The van der Waals surface area contributed by atoms with Crippen LogP contribution >= 0.6 is 19.8 Å². The van der Waals surface area contributed by atoms with Gasteiger partial charge in [-0.15, -0.1) is 0 Å². The first-order chi connectivity index (χ1) is 2.50. The highest BCUT2D eigenvalue weighted by molar-refractivity contribution is 6.92. The summed E-state index contributed by atoms with van der Waals surface area (Å²) in [5.41, 5.74) is 0. The van der Waals surface area contributed by atoms with E-state index in [0.717, 1.165) is 0 Å². The van der Waals surface area contributed by atoms with Gasteiger partial charge in [-0.05, 0) is 25.9 Å². The number of hydrogen-bond donors (Lipinski definition) is 1. The van der Waals surface area contributed by atoms with Gasteiger partial charge < -0.3 is 5.32 Å². The van der Waals surface area contributed by atoms with Crippen molar-refractivity contribution >= 4 is 19.8 Å². The van der Waals surface area contributed by atoms with Crippen LogP contribution in [0, 0.1) is 0 Å². The van der Waals surface area contributed by atoms with E-state index in [2.05, 4.69) is 5.32 Å². The third-order valence-corrected chi connectivity index (χ3v) is 0.957. The van der Waals surface area contributed by atoms with Crippen LogP contribution in [-0.2, 0) is 0 Å². The topological polar surface area (TPSA) is 12.0 Å². The molecule has 0 aromatic carbocycles. The smallest absolute Gasteiger partial charge is 0.00484 e. The second kappa shape index (κ2) is 6.82. The van der Waals surface area contributed by atoms with E-state index >= 15 is 0 Å². The SMILES string of the molecule is C1CCNC1.P.P. The number of rotatable bonds is 0. The molecule has 0 amide bonds. The summed E-state index contributed by atoms with van der Waals surface area (Å²) in [7, 11) is 0. The van der Waals surface area contributed by atoms with Crippen molar-refractivity contribution in [3.63, 3.8) is 0 Å². The van der Waals surface area contributed by atoms with Gasteiger partial charge in [-0.3, -0.25) is 0 Å². The molecule has 0 bridgehead atoms. The highest BCUT2D eigenvalue weighted by Crippen LogP contribution is 1.90. The minimum absolute atomic E-state index is 0. The molecule has 0 spiro atoms. The van der Waals surface area contributed by atoms with Gasteiger partial charge in [-0.1, -0.05) is 0 Å². The van der Waals surface area contributed by atoms with Crippen molar-refractivity contribution in [2.75, 3.05) is 13.1 Å². The van der Waals surface area contributed by atoms with Crippen molar-refractivity contribution in [2.24, 2.45) is 0 Å². The lowest BCUT2D eigenvalue weighted by atomic mass is 10.4. The molecule has 0 radical (unpaired) electrons. The first-order valence-corrected chi connectivity index (χ1v) is 2.21. The largest absolute Gasteiger partial charge is 0.317 e. The zero-order valence-electron chi connectivity index (χ0n) is 4.74. The van der Waals surface area contributed by atoms with Crippen LogP contribution in [0.25, 0.3) is 0 Å². The van der Waals surface area contributed by atoms with Crippen molar-refractivity contribution in [1.29, 1.82) is 0 Å². The van der Waals surface area contributed by atoms with E-state index < -0.39 is 0 Å². The molecule has 1 aliphatic rings. The maximum atomic E-state index is 3.22. The normalized spacial score (nSPS) is 17.1. The molecule has 0 aliphatic carbocycles. The van der Waals surface area contributed by atoms with Gasteiger partial charge in [0.25, 0.3) is 0 Å². The first-order valence-electron chi connectivity index (χ1n) is 2.21. The third-order valence-electron chi connectivity index (χ3n) is 0.957. The van der Waals surface area contributed by atoms with Crippen molar-refractivity contribution < 1.29 is 0 Å². The second-order valence-electron chi connectivity index (χ2n) is 1.46. The molecule has 1 heterocycles. The second-order valence-corrected chi connectivity index (χ2v) is 1.46. The molecule has 2 atom stereocenters. The quantitative estimate of drug-likeness (QED) is 0.481. The zero-order chi connectivity index (χ0) is 3.54. The Labute approximate surface area is 51.9 Å². The van der Waals surface area contributed by atoms with E-state index in [1.54, 1.807) is 0 Å². The standard InChI is InChI=1S/C4H9N.2H3P/c1-2-4-5-3-1;;/h5H,1-4H2;2*1H3. The van der Waals surface area contributed by atoms with E-state index in [1.807, 2.05) is 0 Å². The Kier molecular flexibility index (Phi) is 10.5. The molecule has 0 saturated carbocycles. The molecule has 0 aromatic heterocycles. The lowest BCUT2D eigenvalue weighted by Gasteiger charge is -1.76. The Morgan fingerprint density at radius 2 is 1.29 bits per heavy atom. The van der Waals surface area contributed by atoms with Crippen LogP contribution in [0.5, 0.6) is 0 Å². The van der Waals surface area contributed by atoms with E-state index in [-0.39, 0.29) is 19.8 Å². The molecule has 3 heteroatoms. The highest BCUT2D eigenvalue weighted by atomic mass is 31.0. The molecule has 0 aromatic rings. The molecule has 1 fully saturated rings. The van der Waals surface area contributed by atoms with Crippen molar-refractivity contribution in [2.45, 2.75) is 12.8 Å². The van der Waals surface area contributed by atoms with Crippen LogP contribution < -0.4 is 5.32 Å². The van der Waals surface area contributed by atoms with E-state index in [9.17, 15) is 0 Å². The van der Waals surface area contributed by atoms with Crippen LogP contribution in [0.15, 0.2) is 0 Å². The van der Waals surface area contributed by atoms with E-state index in [4.69, 9.17) is 0 Å². The fraction of sp³-hybridized carbons (Fsp3) is 1.00. The Hall–Kier alpha value is 0.820. The lowest BCUT2D eigenvalue weighted by Crippen LogP contribution is -2.03. The molecule has 1 saturated heterocycles. The summed E-state index contributed by atoms with van der Waals surface area (Å²) in [4.78, 5) is 0. The van der Waals surface area contributed by atoms with Gasteiger partial charge in [0.15, 0.2) is 0 Å². The van der Waals surface area contributed by atoms with Gasteiger partial charge in [0.1, 0.15) is 0 Å². The summed E-state index contributed by atoms with van der Waals surface area (Å²) >= 11 is 0. The Morgan fingerprint density at radius 1 is 0.857 bits per heavy atom. The fourth-order valence-electron chi connectivity index (χ4n) is 0.625. The van der Waals surface area contributed by atoms with Crippen LogP contribution in [-0.4, -0.2) is 13.1 Å². The summed E-state index contributed by atoms with van der Waals surface area (Å²) in [6, 6.07) is 0. The molecule has 46 valence electrons. The summed E-state index contributed by atoms with van der Waals surface area (Å²) in [6.07, 6.45) is 2.78. The highest BCUT2D eigenvalue weighted by Gasteiger charge is 1.93. The Bertz CT molecular complexity index is 21.3. The number of hydrogen-bond acceptors (Lipinski definition) is 1.